The van der Waals surface area contributed by atoms with Gasteiger partial charge >= 0.3 is 0 Å². The van der Waals surface area contributed by atoms with Gasteiger partial charge in [-0.1, -0.05) is 37.3 Å². The molecule has 2 rings (SSSR count). The summed E-state index contributed by atoms with van der Waals surface area (Å²) in [6, 6.07) is 11.0. The Hall–Kier alpha value is -0.910. The topological polar surface area (TPSA) is 49.4 Å². The van der Waals surface area contributed by atoms with Crippen LogP contribution in [0, 0.1) is 0 Å². The molecule has 2 unspecified atom stereocenters. The molecule has 4 nitrogen and oxygen atoms in total. The van der Waals surface area contributed by atoms with Crippen molar-refractivity contribution in [2.24, 2.45) is 0 Å². The standard InChI is InChI=1S/C16H26N2O2S/c1-3-10-21(19,20)11-9-18-13-14(2)17-12-16(18)15-7-5-4-6-8-15/h4-8,14,16-17H,3,9-13H2,1-2H3. The Morgan fingerprint density at radius 1 is 1.24 bits per heavy atom. The van der Waals surface area contributed by atoms with E-state index in [9.17, 15) is 8.42 Å². The van der Waals surface area contributed by atoms with E-state index in [2.05, 4.69) is 29.3 Å². The van der Waals surface area contributed by atoms with Crippen molar-refractivity contribution in [3.05, 3.63) is 35.9 Å². The molecule has 1 N–H and O–H groups in total. The SMILES string of the molecule is CCCS(=O)(=O)CCN1CC(C)NCC1c1ccccc1. The second-order valence-electron chi connectivity index (χ2n) is 5.88. The van der Waals surface area contributed by atoms with Crippen LogP contribution in [-0.4, -0.2) is 50.5 Å². The van der Waals surface area contributed by atoms with Crippen molar-refractivity contribution in [2.75, 3.05) is 31.1 Å². The molecule has 1 aliphatic heterocycles. The molecule has 1 heterocycles. The van der Waals surface area contributed by atoms with Crippen LogP contribution in [-0.2, 0) is 9.84 Å². The van der Waals surface area contributed by atoms with E-state index < -0.39 is 9.84 Å². The lowest BCUT2D eigenvalue weighted by Gasteiger charge is -2.39. The molecule has 0 saturated carbocycles. The fraction of sp³-hybridized carbons (Fsp3) is 0.625. The van der Waals surface area contributed by atoms with Crippen molar-refractivity contribution in [3.8, 4) is 0 Å². The average Bonchev–Trinajstić information content (AvgIpc) is 2.46. The smallest absolute Gasteiger partial charge is 0.151 e. The first-order valence-corrected chi connectivity index (χ1v) is 9.57. The molecule has 1 aliphatic rings. The number of piperazine rings is 1. The summed E-state index contributed by atoms with van der Waals surface area (Å²) < 4.78 is 23.9. The summed E-state index contributed by atoms with van der Waals surface area (Å²) in [5.74, 6) is 0.557. The third kappa shape index (κ3) is 4.80. The molecule has 1 aromatic rings. The van der Waals surface area contributed by atoms with Crippen molar-refractivity contribution < 1.29 is 8.42 Å². The van der Waals surface area contributed by atoms with Gasteiger partial charge in [-0.05, 0) is 18.9 Å². The number of benzene rings is 1. The van der Waals surface area contributed by atoms with E-state index in [1.165, 1.54) is 5.56 Å². The summed E-state index contributed by atoms with van der Waals surface area (Å²) in [6.07, 6.45) is 0.697. The molecule has 0 aliphatic carbocycles. The van der Waals surface area contributed by atoms with Crippen LogP contribution in [0.2, 0.25) is 0 Å². The normalized spacial score (nSPS) is 24.1. The van der Waals surface area contributed by atoms with Gasteiger partial charge in [-0.2, -0.15) is 0 Å². The second kappa shape index (κ2) is 7.38. The molecule has 21 heavy (non-hydrogen) atoms. The predicted octanol–water partition coefficient (Wildman–Crippen LogP) is 1.85. The Morgan fingerprint density at radius 3 is 2.62 bits per heavy atom. The van der Waals surface area contributed by atoms with Gasteiger partial charge in [0.15, 0.2) is 9.84 Å². The van der Waals surface area contributed by atoms with Crippen LogP contribution in [0.1, 0.15) is 31.9 Å². The Bertz CT molecular complexity index is 530. The molecule has 2 atom stereocenters. The maximum atomic E-state index is 12.0. The van der Waals surface area contributed by atoms with Crippen molar-refractivity contribution in [1.29, 1.82) is 0 Å². The summed E-state index contributed by atoms with van der Waals surface area (Å²) in [5.41, 5.74) is 1.25. The third-order valence-corrected chi connectivity index (χ3v) is 5.83. The fourth-order valence-electron chi connectivity index (χ4n) is 2.91. The van der Waals surface area contributed by atoms with Crippen molar-refractivity contribution >= 4 is 9.84 Å². The Kier molecular flexibility index (Phi) is 5.79. The molecular formula is C16H26N2O2S. The minimum absolute atomic E-state index is 0.261. The van der Waals surface area contributed by atoms with Crippen LogP contribution < -0.4 is 5.32 Å². The lowest BCUT2D eigenvalue weighted by atomic mass is 10.0. The van der Waals surface area contributed by atoms with Gasteiger partial charge in [-0.25, -0.2) is 8.42 Å². The largest absolute Gasteiger partial charge is 0.311 e. The van der Waals surface area contributed by atoms with E-state index in [4.69, 9.17) is 0 Å². The Balaban J connectivity index is 2.06. The van der Waals surface area contributed by atoms with Gasteiger partial charge < -0.3 is 5.32 Å². The minimum Gasteiger partial charge on any atom is -0.311 e. The summed E-state index contributed by atoms with van der Waals surface area (Å²) in [5, 5.41) is 3.49. The van der Waals surface area contributed by atoms with Crippen molar-refractivity contribution in [1.82, 2.24) is 10.2 Å². The van der Waals surface area contributed by atoms with Crippen LogP contribution in [0.5, 0.6) is 0 Å². The quantitative estimate of drug-likeness (QED) is 0.871. The zero-order chi connectivity index (χ0) is 15.3. The maximum Gasteiger partial charge on any atom is 0.151 e. The lowest BCUT2D eigenvalue weighted by molar-refractivity contribution is 0.144. The molecule has 1 aromatic carbocycles. The summed E-state index contributed by atoms with van der Waals surface area (Å²) in [6.45, 7) is 6.44. The molecule has 118 valence electrons. The number of nitrogens with one attached hydrogen (secondary N) is 1. The average molecular weight is 310 g/mol. The number of hydrogen-bond donors (Lipinski definition) is 1. The van der Waals surface area contributed by atoms with Gasteiger partial charge in [-0.15, -0.1) is 0 Å². The highest BCUT2D eigenvalue weighted by atomic mass is 32.2. The highest BCUT2D eigenvalue weighted by Crippen LogP contribution is 2.23. The van der Waals surface area contributed by atoms with E-state index >= 15 is 0 Å². The highest BCUT2D eigenvalue weighted by molar-refractivity contribution is 7.91. The monoisotopic (exact) mass is 310 g/mol. The van der Waals surface area contributed by atoms with Crippen molar-refractivity contribution in [2.45, 2.75) is 32.4 Å². The van der Waals surface area contributed by atoms with Crippen LogP contribution in [0.25, 0.3) is 0 Å². The minimum atomic E-state index is -2.92. The van der Waals surface area contributed by atoms with E-state index in [0.29, 0.717) is 24.8 Å². The first kappa shape index (κ1) is 16.5. The zero-order valence-electron chi connectivity index (χ0n) is 13.0. The van der Waals surface area contributed by atoms with E-state index in [1.807, 2.05) is 25.1 Å². The highest BCUT2D eigenvalue weighted by Gasteiger charge is 2.27. The van der Waals surface area contributed by atoms with Crippen LogP contribution in [0.15, 0.2) is 30.3 Å². The van der Waals surface area contributed by atoms with Gasteiger partial charge in [0.25, 0.3) is 0 Å². The fourth-order valence-corrected chi connectivity index (χ4v) is 4.24. The second-order valence-corrected chi connectivity index (χ2v) is 8.19. The molecule has 1 saturated heterocycles. The third-order valence-electron chi connectivity index (χ3n) is 4.00. The first-order chi connectivity index (χ1) is 10.0. The lowest BCUT2D eigenvalue weighted by Crippen LogP contribution is -2.52. The van der Waals surface area contributed by atoms with Gasteiger partial charge in [0.05, 0.1) is 5.75 Å². The molecule has 0 bridgehead atoms. The van der Waals surface area contributed by atoms with E-state index in [1.54, 1.807) is 0 Å². The molecular weight excluding hydrogens is 284 g/mol. The zero-order valence-corrected chi connectivity index (χ0v) is 13.8. The van der Waals surface area contributed by atoms with E-state index in [0.717, 1.165) is 13.1 Å². The van der Waals surface area contributed by atoms with Gasteiger partial charge in [0.1, 0.15) is 0 Å². The van der Waals surface area contributed by atoms with Gasteiger partial charge in [-0.3, -0.25) is 4.90 Å². The number of rotatable bonds is 6. The first-order valence-electron chi connectivity index (χ1n) is 7.74. The molecule has 0 aromatic heterocycles. The Labute approximate surface area is 128 Å². The van der Waals surface area contributed by atoms with Crippen LogP contribution in [0.4, 0.5) is 0 Å². The molecule has 5 heteroatoms. The van der Waals surface area contributed by atoms with Crippen LogP contribution in [0.3, 0.4) is 0 Å². The summed E-state index contributed by atoms with van der Waals surface area (Å²) in [7, 11) is -2.92. The Morgan fingerprint density at radius 2 is 1.95 bits per heavy atom. The van der Waals surface area contributed by atoms with E-state index in [-0.39, 0.29) is 11.8 Å². The number of sulfone groups is 1. The number of nitrogens with zero attached hydrogens (tertiary/aromatic N) is 1. The van der Waals surface area contributed by atoms with Gasteiger partial charge in [0.2, 0.25) is 0 Å². The van der Waals surface area contributed by atoms with Crippen LogP contribution >= 0.6 is 0 Å². The predicted molar refractivity (Wildman–Crippen MR) is 87.2 cm³/mol. The molecule has 0 amide bonds. The van der Waals surface area contributed by atoms with Gasteiger partial charge in [0, 0.05) is 37.5 Å². The molecule has 0 spiro atoms. The molecule has 1 fully saturated rings. The summed E-state index contributed by atoms with van der Waals surface area (Å²) in [4.78, 5) is 2.31. The summed E-state index contributed by atoms with van der Waals surface area (Å²) >= 11 is 0. The number of hydrogen-bond acceptors (Lipinski definition) is 4. The maximum absolute atomic E-state index is 12.0. The van der Waals surface area contributed by atoms with Crippen molar-refractivity contribution in [3.63, 3.8) is 0 Å². The molecule has 0 radical (unpaired) electrons.